The second-order valence-electron chi connectivity index (χ2n) is 4.35. The summed E-state index contributed by atoms with van der Waals surface area (Å²) in [4.78, 5) is 10.2. The fourth-order valence-electron chi connectivity index (χ4n) is 1.92. The van der Waals surface area contributed by atoms with Crippen LogP contribution in [0, 0.1) is 11.7 Å². The van der Waals surface area contributed by atoms with Crippen molar-refractivity contribution in [2.24, 2.45) is 5.92 Å². The molecule has 1 aliphatic carbocycles. The molecule has 1 aliphatic rings. The van der Waals surface area contributed by atoms with Crippen molar-refractivity contribution in [3.05, 3.63) is 41.2 Å². The molecule has 1 aromatic carbocycles. The Morgan fingerprint density at radius 2 is 2.10 bits per heavy atom. The van der Waals surface area contributed by atoms with Crippen LogP contribution in [-0.2, 0) is 14.8 Å². The molecule has 0 spiro atoms. The summed E-state index contributed by atoms with van der Waals surface area (Å²) >= 11 is 5.54. The van der Waals surface area contributed by atoms with Gasteiger partial charge in [0.15, 0.2) is 5.82 Å². The Labute approximate surface area is 120 Å². The molecule has 0 amide bonds. The average Bonchev–Trinajstić information content (AvgIpc) is 2.80. The lowest BCUT2D eigenvalue weighted by Gasteiger charge is -2.13. The molecule has 2 rings (SSSR count). The Morgan fingerprint density at radius 1 is 1.40 bits per heavy atom. The Hall–Kier alpha value is -1.44. The van der Waals surface area contributed by atoms with Gasteiger partial charge < -0.3 is 5.11 Å². The zero-order valence-corrected chi connectivity index (χ0v) is 11.7. The molecule has 0 fully saturated rings. The van der Waals surface area contributed by atoms with E-state index in [9.17, 15) is 17.6 Å². The van der Waals surface area contributed by atoms with Crippen LogP contribution >= 0.6 is 11.6 Å². The number of sulfonamides is 1. The van der Waals surface area contributed by atoms with E-state index in [1.807, 2.05) is 0 Å². The first kappa shape index (κ1) is 15.0. The number of halogens is 2. The summed E-state index contributed by atoms with van der Waals surface area (Å²) < 4.78 is 40.1. The second-order valence-corrected chi connectivity index (χ2v) is 6.43. The zero-order chi connectivity index (χ0) is 14.9. The third-order valence-electron chi connectivity index (χ3n) is 2.91. The molecule has 1 aromatic rings. The highest BCUT2D eigenvalue weighted by Crippen LogP contribution is 2.24. The standard InChI is InChI=1S/C12H11ClFNO4S/c13-9-2-1-3-10(11(9)14)20(18,19)15-8-5-4-7(6-8)12(16)17/h1-5,7-8,15H,6H2,(H,16,17). The molecule has 0 saturated carbocycles. The van der Waals surface area contributed by atoms with Gasteiger partial charge in [-0.25, -0.2) is 17.5 Å². The fraction of sp³-hybridized carbons (Fsp3) is 0.250. The lowest BCUT2D eigenvalue weighted by molar-refractivity contribution is -0.140. The van der Waals surface area contributed by atoms with Gasteiger partial charge in [0, 0.05) is 6.04 Å². The van der Waals surface area contributed by atoms with Crippen molar-refractivity contribution in [3.63, 3.8) is 0 Å². The van der Waals surface area contributed by atoms with E-state index in [0.29, 0.717) is 0 Å². The highest BCUT2D eigenvalue weighted by Gasteiger charge is 2.29. The quantitative estimate of drug-likeness (QED) is 0.829. The third kappa shape index (κ3) is 3.00. The number of nitrogens with one attached hydrogen (secondary N) is 1. The summed E-state index contributed by atoms with van der Waals surface area (Å²) in [7, 11) is -4.10. The first-order valence-corrected chi connectivity index (χ1v) is 7.55. The minimum Gasteiger partial charge on any atom is -0.481 e. The van der Waals surface area contributed by atoms with Crippen LogP contribution in [0.5, 0.6) is 0 Å². The molecular weight excluding hydrogens is 309 g/mol. The number of carboxylic acids is 1. The van der Waals surface area contributed by atoms with E-state index in [0.717, 1.165) is 6.07 Å². The lowest BCUT2D eigenvalue weighted by atomic mass is 10.1. The van der Waals surface area contributed by atoms with Gasteiger partial charge in [0.2, 0.25) is 10.0 Å². The number of hydrogen-bond donors (Lipinski definition) is 2. The predicted molar refractivity (Wildman–Crippen MR) is 70.4 cm³/mol. The molecule has 2 atom stereocenters. The Morgan fingerprint density at radius 3 is 2.70 bits per heavy atom. The van der Waals surface area contributed by atoms with Crippen molar-refractivity contribution in [1.82, 2.24) is 4.72 Å². The van der Waals surface area contributed by atoms with E-state index in [1.54, 1.807) is 0 Å². The van der Waals surface area contributed by atoms with Gasteiger partial charge >= 0.3 is 5.97 Å². The highest BCUT2D eigenvalue weighted by atomic mass is 35.5. The zero-order valence-electron chi connectivity index (χ0n) is 10.1. The van der Waals surface area contributed by atoms with Crippen molar-refractivity contribution in [2.75, 3.05) is 0 Å². The largest absolute Gasteiger partial charge is 0.481 e. The Balaban J connectivity index is 2.19. The van der Waals surface area contributed by atoms with Crippen LogP contribution in [0.15, 0.2) is 35.2 Å². The van der Waals surface area contributed by atoms with E-state index < -0.39 is 38.7 Å². The number of aliphatic carboxylic acids is 1. The molecule has 0 aliphatic heterocycles. The molecule has 2 N–H and O–H groups in total. The van der Waals surface area contributed by atoms with Gasteiger partial charge in [0.05, 0.1) is 10.9 Å². The molecular formula is C12H11ClFNO4S. The van der Waals surface area contributed by atoms with Crippen molar-refractivity contribution in [1.29, 1.82) is 0 Å². The fourth-order valence-corrected chi connectivity index (χ4v) is 3.46. The number of carbonyl (C=O) groups is 1. The molecule has 0 bridgehead atoms. The molecule has 2 unspecified atom stereocenters. The normalized spacial score (nSPS) is 22.1. The molecule has 5 nitrogen and oxygen atoms in total. The number of hydrogen-bond acceptors (Lipinski definition) is 3. The molecule has 8 heteroatoms. The smallest absolute Gasteiger partial charge is 0.310 e. The van der Waals surface area contributed by atoms with Gasteiger partial charge in [-0.15, -0.1) is 0 Å². The SMILES string of the molecule is O=C(O)C1C=CC(NS(=O)(=O)c2cccc(Cl)c2F)C1. The van der Waals surface area contributed by atoms with E-state index in [-0.39, 0.29) is 11.4 Å². The summed E-state index contributed by atoms with van der Waals surface area (Å²) in [6, 6.07) is 2.98. The van der Waals surface area contributed by atoms with Gasteiger partial charge in [0.25, 0.3) is 0 Å². The van der Waals surface area contributed by atoms with E-state index in [4.69, 9.17) is 16.7 Å². The number of benzene rings is 1. The minimum absolute atomic E-state index is 0.0940. The summed E-state index contributed by atoms with van der Waals surface area (Å²) in [5.41, 5.74) is 0. The van der Waals surface area contributed by atoms with Gasteiger partial charge in [-0.1, -0.05) is 29.8 Å². The number of rotatable bonds is 4. The maximum Gasteiger partial charge on any atom is 0.310 e. The Kier molecular flexibility index (Phi) is 4.12. The molecule has 108 valence electrons. The van der Waals surface area contributed by atoms with Crippen LogP contribution in [0.1, 0.15) is 6.42 Å². The molecule has 0 aromatic heterocycles. The van der Waals surface area contributed by atoms with Gasteiger partial charge in [-0.05, 0) is 18.6 Å². The van der Waals surface area contributed by atoms with Gasteiger partial charge in [-0.3, -0.25) is 4.79 Å². The molecule has 0 heterocycles. The van der Waals surface area contributed by atoms with Crippen LogP contribution < -0.4 is 4.72 Å². The average molecular weight is 320 g/mol. The van der Waals surface area contributed by atoms with E-state index >= 15 is 0 Å². The second kappa shape index (κ2) is 5.51. The summed E-state index contributed by atoms with van der Waals surface area (Å²) in [6.45, 7) is 0. The van der Waals surface area contributed by atoms with Gasteiger partial charge in [0.1, 0.15) is 4.90 Å². The number of carboxylic acid groups (broad SMARTS) is 1. The first-order chi connectivity index (χ1) is 9.31. The topological polar surface area (TPSA) is 83.5 Å². The predicted octanol–water partition coefficient (Wildman–Crippen LogP) is 1.79. The van der Waals surface area contributed by atoms with Crippen molar-refractivity contribution in [2.45, 2.75) is 17.4 Å². The lowest BCUT2D eigenvalue weighted by Crippen LogP contribution is -2.33. The third-order valence-corrected chi connectivity index (χ3v) is 4.71. The maximum absolute atomic E-state index is 13.7. The monoisotopic (exact) mass is 319 g/mol. The van der Waals surface area contributed by atoms with Crippen LogP contribution in [0.2, 0.25) is 5.02 Å². The molecule has 0 radical (unpaired) electrons. The molecule has 0 saturated heterocycles. The van der Waals surface area contributed by atoms with Crippen LogP contribution in [0.3, 0.4) is 0 Å². The minimum atomic E-state index is -4.10. The van der Waals surface area contributed by atoms with Crippen LogP contribution in [-0.4, -0.2) is 25.5 Å². The molecule has 20 heavy (non-hydrogen) atoms. The maximum atomic E-state index is 13.7. The van der Waals surface area contributed by atoms with Crippen LogP contribution in [0.25, 0.3) is 0 Å². The van der Waals surface area contributed by atoms with Crippen molar-refractivity contribution in [3.8, 4) is 0 Å². The Bertz CT molecular complexity index is 674. The summed E-state index contributed by atoms with van der Waals surface area (Å²) in [6.07, 6.45) is 2.94. The van der Waals surface area contributed by atoms with Crippen LogP contribution in [0.4, 0.5) is 4.39 Å². The first-order valence-electron chi connectivity index (χ1n) is 5.69. The highest BCUT2D eigenvalue weighted by molar-refractivity contribution is 7.89. The van der Waals surface area contributed by atoms with E-state index in [1.165, 1.54) is 24.3 Å². The van der Waals surface area contributed by atoms with Crippen molar-refractivity contribution < 1.29 is 22.7 Å². The van der Waals surface area contributed by atoms with Crippen molar-refractivity contribution >= 4 is 27.6 Å². The summed E-state index contributed by atoms with van der Waals surface area (Å²) in [5.74, 6) is -2.80. The van der Waals surface area contributed by atoms with Gasteiger partial charge in [-0.2, -0.15) is 0 Å². The van der Waals surface area contributed by atoms with E-state index in [2.05, 4.69) is 4.72 Å². The summed E-state index contributed by atoms with van der Waals surface area (Å²) in [5, 5.41) is 8.53.